The maximum Gasteiger partial charge on any atom is 0.269 e. The van der Waals surface area contributed by atoms with Crippen molar-refractivity contribution in [2.24, 2.45) is 5.41 Å². The van der Waals surface area contributed by atoms with Crippen molar-refractivity contribution in [1.29, 1.82) is 5.41 Å². The lowest BCUT2D eigenvalue weighted by atomic mass is 9.67. The van der Waals surface area contributed by atoms with Crippen molar-refractivity contribution in [3.05, 3.63) is 123 Å². The normalized spacial score (nSPS) is 20.5. The van der Waals surface area contributed by atoms with Gasteiger partial charge in [-0.15, -0.1) is 0 Å². The standard InChI is InChI=1S/C30H27N3O4/c1-30(2)17-23-26(24(34)18-30)25(19-13-15-22(16-14-19)33(36)37)27(28(35)20-9-5-3-6-10-20)29(31)32(23)21-11-7-4-8-12-21/h3-16,25,31,35H,17-18H2,1-2H3/t25-/m1/s1. The molecule has 1 aliphatic carbocycles. The van der Waals surface area contributed by atoms with Crippen LogP contribution >= 0.6 is 0 Å². The van der Waals surface area contributed by atoms with Crippen LogP contribution in [0.5, 0.6) is 0 Å². The maximum atomic E-state index is 13.8. The number of Topliss-reactive ketones (excluding diaryl/α,β-unsaturated/α-hetero) is 1. The molecule has 1 aliphatic heterocycles. The van der Waals surface area contributed by atoms with Crippen LogP contribution in [0, 0.1) is 20.9 Å². The number of amidine groups is 1. The molecule has 7 heteroatoms. The summed E-state index contributed by atoms with van der Waals surface area (Å²) in [6.07, 6.45) is 0.888. The summed E-state index contributed by atoms with van der Waals surface area (Å²) in [5.41, 5.74) is 3.02. The predicted molar refractivity (Wildman–Crippen MR) is 144 cm³/mol. The number of nitro benzene ring substituents is 1. The third kappa shape index (κ3) is 4.33. The molecule has 0 unspecified atom stereocenters. The number of aliphatic hydroxyl groups is 1. The van der Waals surface area contributed by atoms with Crippen LogP contribution in [0.3, 0.4) is 0 Å². The van der Waals surface area contributed by atoms with E-state index in [4.69, 9.17) is 0 Å². The molecule has 1 atom stereocenters. The molecule has 0 amide bonds. The highest BCUT2D eigenvalue weighted by molar-refractivity contribution is 6.19. The average Bonchev–Trinajstić information content (AvgIpc) is 2.88. The first-order chi connectivity index (χ1) is 17.7. The zero-order valence-corrected chi connectivity index (χ0v) is 20.6. The van der Waals surface area contributed by atoms with Crippen LogP contribution in [0.2, 0.25) is 0 Å². The lowest BCUT2D eigenvalue weighted by Gasteiger charge is -2.45. The average molecular weight is 494 g/mol. The van der Waals surface area contributed by atoms with Crippen LogP contribution in [0.15, 0.2) is 102 Å². The number of para-hydroxylation sites is 1. The Morgan fingerprint density at radius 2 is 1.57 bits per heavy atom. The molecule has 186 valence electrons. The van der Waals surface area contributed by atoms with Gasteiger partial charge in [0.2, 0.25) is 0 Å². The summed E-state index contributed by atoms with van der Waals surface area (Å²) in [5.74, 6) is -0.826. The summed E-state index contributed by atoms with van der Waals surface area (Å²) < 4.78 is 0. The Morgan fingerprint density at radius 3 is 2.16 bits per heavy atom. The van der Waals surface area contributed by atoms with Gasteiger partial charge in [-0.1, -0.05) is 74.5 Å². The van der Waals surface area contributed by atoms with Gasteiger partial charge in [-0.3, -0.25) is 25.2 Å². The number of nitro groups is 1. The van der Waals surface area contributed by atoms with Gasteiger partial charge in [0.05, 0.1) is 4.92 Å². The molecule has 2 N–H and O–H groups in total. The van der Waals surface area contributed by atoms with E-state index in [1.54, 1.807) is 41.3 Å². The molecule has 3 aromatic carbocycles. The molecule has 0 radical (unpaired) electrons. The molecule has 0 aromatic heterocycles. The van der Waals surface area contributed by atoms with Crippen molar-refractivity contribution in [3.8, 4) is 0 Å². The molecule has 37 heavy (non-hydrogen) atoms. The molecule has 7 nitrogen and oxygen atoms in total. The highest BCUT2D eigenvalue weighted by Crippen LogP contribution is 2.51. The van der Waals surface area contributed by atoms with Crippen LogP contribution < -0.4 is 4.90 Å². The molecule has 0 saturated heterocycles. The number of allylic oxidation sites excluding steroid dienone is 2. The first-order valence-corrected chi connectivity index (χ1v) is 12.1. The van der Waals surface area contributed by atoms with Gasteiger partial charge < -0.3 is 5.11 Å². The van der Waals surface area contributed by atoms with Crippen LogP contribution in [0.4, 0.5) is 11.4 Å². The van der Waals surface area contributed by atoms with E-state index < -0.39 is 10.8 Å². The number of nitrogens with one attached hydrogen (secondary N) is 1. The molecule has 0 fully saturated rings. The molecular weight excluding hydrogens is 466 g/mol. The predicted octanol–water partition coefficient (Wildman–Crippen LogP) is 6.79. The minimum absolute atomic E-state index is 0.0543. The van der Waals surface area contributed by atoms with Gasteiger partial charge >= 0.3 is 0 Å². The van der Waals surface area contributed by atoms with E-state index in [9.17, 15) is 25.4 Å². The van der Waals surface area contributed by atoms with Crippen LogP contribution in [0.25, 0.3) is 5.76 Å². The molecule has 1 heterocycles. The lowest BCUT2D eigenvalue weighted by molar-refractivity contribution is -0.384. The van der Waals surface area contributed by atoms with Crippen molar-refractivity contribution >= 4 is 28.8 Å². The highest BCUT2D eigenvalue weighted by atomic mass is 16.6. The molecule has 3 aromatic rings. The van der Waals surface area contributed by atoms with E-state index in [1.165, 1.54) is 12.1 Å². The number of aliphatic hydroxyl groups excluding tert-OH is 1. The minimum atomic E-state index is -0.743. The van der Waals surface area contributed by atoms with Gasteiger partial charge in [0.15, 0.2) is 5.78 Å². The Kier molecular flexibility index (Phi) is 5.99. The van der Waals surface area contributed by atoms with Crippen LogP contribution in [-0.2, 0) is 4.79 Å². The van der Waals surface area contributed by atoms with Crippen LogP contribution in [-0.4, -0.2) is 21.6 Å². The number of carbonyl (C=O) groups excluding carboxylic acids is 1. The zero-order chi connectivity index (χ0) is 26.3. The van der Waals surface area contributed by atoms with E-state index in [0.717, 1.165) is 11.4 Å². The maximum absolute atomic E-state index is 13.8. The number of benzene rings is 3. The van der Waals surface area contributed by atoms with E-state index in [2.05, 4.69) is 0 Å². The van der Waals surface area contributed by atoms with E-state index in [0.29, 0.717) is 29.5 Å². The SMILES string of the molecule is CC1(C)CC(=O)C2=C(C1)N(c1ccccc1)C(=N)C(=C(O)c1ccccc1)[C@@H]2c1ccc([N+](=O)[O-])cc1. The monoisotopic (exact) mass is 493 g/mol. The Balaban J connectivity index is 1.83. The van der Waals surface area contributed by atoms with Gasteiger partial charge in [-0.25, -0.2) is 0 Å². The van der Waals surface area contributed by atoms with E-state index in [1.807, 2.05) is 50.2 Å². The Bertz CT molecular complexity index is 1460. The largest absolute Gasteiger partial charge is 0.507 e. The summed E-state index contributed by atoms with van der Waals surface area (Å²) >= 11 is 0. The van der Waals surface area contributed by atoms with Crippen molar-refractivity contribution in [2.45, 2.75) is 32.6 Å². The third-order valence-corrected chi connectivity index (χ3v) is 6.98. The third-order valence-electron chi connectivity index (χ3n) is 6.98. The number of nitrogens with zero attached hydrogens (tertiary/aromatic N) is 2. The van der Waals surface area contributed by atoms with Gasteiger partial charge in [0.25, 0.3) is 5.69 Å². The van der Waals surface area contributed by atoms with Crippen molar-refractivity contribution in [1.82, 2.24) is 0 Å². The number of carbonyl (C=O) groups is 1. The molecule has 2 aliphatic rings. The smallest absolute Gasteiger partial charge is 0.269 e. The van der Waals surface area contributed by atoms with Gasteiger partial charge in [-0.2, -0.15) is 0 Å². The van der Waals surface area contributed by atoms with Crippen molar-refractivity contribution < 1.29 is 14.8 Å². The number of hydrogen-bond acceptors (Lipinski definition) is 5. The summed E-state index contributed by atoms with van der Waals surface area (Å²) in [5, 5.41) is 32.3. The molecule has 5 rings (SSSR count). The van der Waals surface area contributed by atoms with Crippen molar-refractivity contribution in [3.63, 3.8) is 0 Å². The number of anilines is 1. The zero-order valence-electron chi connectivity index (χ0n) is 20.6. The fourth-order valence-electron chi connectivity index (χ4n) is 5.35. The fraction of sp³-hybridized carbons (Fsp3) is 0.200. The van der Waals surface area contributed by atoms with E-state index in [-0.39, 0.29) is 34.1 Å². The van der Waals surface area contributed by atoms with Gasteiger partial charge in [-0.05, 0) is 29.5 Å². The second-order valence-electron chi connectivity index (χ2n) is 10.2. The van der Waals surface area contributed by atoms with Gasteiger partial charge in [0, 0.05) is 52.6 Å². The molecular formula is C30H27N3O4. The summed E-state index contributed by atoms with van der Waals surface area (Å²) in [4.78, 5) is 26.4. The van der Waals surface area contributed by atoms with Crippen LogP contribution in [0.1, 0.15) is 43.7 Å². The van der Waals surface area contributed by atoms with Gasteiger partial charge in [0.1, 0.15) is 11.6 Å². The Labute approximate surface area is 215 Å². The minimum Gasteiger partial charge on any atom is -0.507 e. The molecule has 0 saturated carbocycles. The number of ketones is 1. The Morgan fingerprint density at radius 1 is 0.973 bits per heavy atom. The summed E-state index contributed by atoms with van der Waals surface area (Å²) in [7, 11) is 0. The summed E-state index contributed by atoms with van der Waals surface area (Å²) in [6.45, 7) is 4.07. The first kappa shape index (κ1) is 24.2. The highest BCUT2D eigenvalue weighted by Gasteiger charge is 2.46. The lowest BCUT2D eigenvalue weighted by Crippen LogP contribution is -2.45. The van der Waals surface area contributed by atoms with Crippen molar-refractivity contribution in [2.75, 3.05) is 4.90 Å². The van der Waals surface area contributed by atoms with E-state index >= 15 is 0 Å². The quantitative estimate of drug-likeness (QED) is 0.236. The topological polar surface area (TPSA) is 108 Å². The second kappa shape index (κ2) is 9.17. The molecule has 0 spiro atoms. The fourth-order valence-corrected chi connectivity index (χ4v) is 5.35. The summed E-state index contributed by atoms with van der Waals surface area (Å²) in [6, 6.07) is 24.4. The number of rotatable bonds is 4. The number of hydrogen-bond donors (Lipinski definition) is 2. The Hall–Kier alpha value is -4.52. The first-order valence-electron chi connectivity index (χ1n) is 12.1. The molecule has 0 bridgehead atoms. The second-order valence-corrected chi connectivity index (χ2v) is 10.2. The number of non-ortho nitro benzene ring substituents is 1.